The highest BCUT2D eigenvalue weighted by Gasteiger charge is 2.32. The molecule has 0 atom stereocenters. The molecule has 2 amide bonds. The quantitative estimate of drug-likeness (QED) is 0.298. The van der Waals surface area contributed by atoms with Gasteiger partial charge in [-0.1, -0.05) is 5.16 Å². The largest absolute Gasteiger partial charge is 0.479 e. The van der Waals surface area contributed by atoms with Gasteiger partial charge in [0, 0.05) is 19.8 Å². The van der Waals surface area contributed by atoms with Gasteiger partial charge in [0.1, 0.15) is 0 Å². The van der Waals surface area contributed by atoms with Gasteiger partial charge in [0.05, 0.1) is 6.61 Å². The third kappa shape index (κ3) is 4.04. The van der Waals surface area contributed by atoms with E-state index in [1.165, 1.54) is 0 Å². The van der Waals surface area contributed by atoms with Gasteiger partial charge in [0.15, 0.2) is 0 Å². The second kappa shape index (κ2) is 6.58. The molecule has 100 valence electrons. The number of oxime groups is 1. The van der Waals surface area contributed by atoms with Crippen LogP contribution in [-0.2, 0) is 28.8 Å². The van der Waals surface area contributed by atoms with Crippen molar-refractivity contribution >= 4 is 23.7 Å². The summed E-state index contributed by atoms with van der Waals surface area (Å²) in [4.78, 5) is 42.6. The van der Waals surface area contributed by atoms with Crippen molar-refractivity contribution in [3.63, 3.8) is 0 Å². The zero-order valence-corrected chi connectivity index (χ0v) is 10.2. The summed E-state index contributed by atoms with van der Waals surface area (Å²) in [5.74, 6) is -1.70. The van der Waals surface area contributed by atoms with E-state index in [2.05, 4.69) is 14.8 Å². The summed E-state index contributed by atoms with van der Waals surface area (Å²) in [5.41, 5.74) is 0. The van der Waals surface area contributed by atoms with Crippen molar-refractivity contribution in [2.45, 2.75) is 26.7 Å². The van der Waals surface area contributed by atoms with Crippen LogP contribution in [0.25, 0.3) is 0 Å². The van der Waals surface area contributed by atoms with Gasteiger partial charge in [-0.2, -0.15) is 0 Å². The maximum atomic E-state index is 11.2. The van der Waals surface area contributed by atoms with Crippen molar-refractivity contribution in [2.24, 2.45) is 5.16 Å². The first-order valence-electron chi connectivity index (χ1n) is 5.40. The van der Waals surface area contributed by atoms with Gasteiger partial charge in [0.25, 0.3) is 11.8 Å². The molecule has 0 aromatic rings. The van der Waals surface area contributed by atoms with E-state index < -0.39 is 24.4 Å². The minimum Gasteiger partial charge on any atom is -0.479 e. The second-order valence-corrected chi connectivity index (χ2v) is 3.36. The summed E-state index contributed by atoms with van der Waals surface area (Å²) < 4.78 is 4.95. The maximum absolute atomic E-state index is 11.2. The van der Waals surface area contributed by atoms with Gasteiger partial charge in [0.2, 0.25) is 12.5 Å². The molecule has 8 heteroatoms. The van der Waals surface area contributed by atoms with Crippen LogP contribution in [0.4, 0.5) is 0 Å². The number of imide groups is 1. The van der Waals surface area contributed by atoms with Crippen molar-refractivity contribution in [3.8, 4) is 0 Å². The first-order chi connectivity index (χ1) is 8.54. The molecule has 0 bridgehead atoms. The predicted octanol–water partition coefficient (Wildman–Crippen LogP) is -0.0199. The Bertz CT molecular complexity index is 363. The average Bonchev–Trinajstić information content (AvgIpc) is 2.61. The van der Waals surface area contributed by atoms with Gasteiger partial charge < -0.3 is 14.4 Å². The van der Waals surface area contributed by atoms with Crippen LogP contribution >= 0.6 is 0 Å². The fourth-order valence-electron chi connectivity index (χ4n) is 1.20. The average molecular weight is 258 g/mol. The molecule has 1 aliphatic heterocycles. The third-order valence-corrected chi connectivity index (χ3v) is 1.93. The normalized spacial score (nSPS) is 15.9. The van der Waals surface area contributed by atoms with Crippen molar-refractivity contribution in [1.82, 2.24) is 5.06 Å². The topological polar surface area (TPSA) is 94.5 Å². The number of hydrogen-bond acceptors (Lipinski definition) is 7. The number of carbonyl (C=O) groups excluding carboxylic acids is 3. The SMILES string of the molecule is CCOC(C)=NOCC(=O)ON1C(=O)CCC1=O. The highest BCUT2D eigenvalue weighted by atomic mass is 16.7. The fraction of sp³-hybridized carbons (Fsp3) is 0.600. The molecule has 0 unspecified atom stereocenters. The lowest BCUT2D eigenvalue weighted by Crippen LogP contribution is -2.33. The van der Waals surface area contributed by atoms with E-state index in [4.69, 9.17) is 4.74 Å². The van der Waals surface area contributed by atoms with Crippen LogP contribution in [0, 0.1) is 0 Å². The molecule has 0 aromatic carbocycles. The van der Waals surface area contributed by atoms with Gasteiger partial charge in [-0.3, -0.25) is 9.59 Å². The Morgan fingerprint density at radius 3 is 2.50 bits per heavy atom. The minimum atomic E-state index is -0.883. The number of rotatable bonds is 5. The van der Waals surface area contributed by atoms with E-state index in [0.717, 1.165) is 0 Å². The predicted molar refractivity (Wildman–Crippen MR) is 57.9 cm³/mol. The van der Waals surface area contributed by atoms with Gasteiger partial charge in [-0.25, -0.2) is 4.79 Å². The highest BCUT2D eigenvalue weighted by molar-refractivity contribution is 6.01. The van der Waals surface area contributed by atoms with Crippen molar-refractivity contribution in [2.75, 3.05) is 13.2 Å². The lowest BCUT2D eigenvalue weighted by atomic mass is 10.4. The molecular weight excluding hydrogens is 244 g/mol. The summed E-state index contributed by atoms with van der Waals surface area (Å²) in [5, 5.41) is 3.92. The van der Waals surface area contributed by atoms with E-state index in [9.17, 15) is 14.4 Å². The number of hydroxylamine groups is 2. The van der Waals surface area contributed by atoms with Gasteiger partial charge >= 0.3 is 5.97 Å². The monoisotopic (exact) mass is 258 g/mol. The lowest BCUT2D eigenvalue weighted by Gasteiger charge is -2.11. The first-order valence-corrected chi connectivity index (χ1v) is 5.40. The van der Waals surface area contributed by atoms with Crippen LogP contribution in [0.5, 0.6) is 0 Å². The molecule has 1 heterocycles. The van der Waals surface area contributed by atoms with E-state index in [-0.39, 0.29) is 18.7 Å². The smallest absolute Gasteiger partial charge is 0.373 e. The number of carbonyl (C=O) groups is 3. The zero-order chi connectivity index (χ0) is 13.5. The summed E-state index contributed by atoms with van der Waals surface area (Å²) in [7, 11) is 0. The molecule has 0 N–H and O–H groups in total. The van der Waals surface area contributed by atoms with Crippen LogP contribution in [0.15, 0.2) is 5.16 Å². The molecule has 0 radical (unpaired) electrons. The Morgan fingerprint density at radius 1 is 1.33 bits per heavy atom. The molecule has 18 heavy (non-hydrogen) atoms. The van der Waals surface area contributed by atoms with Gasteiger partial charge in [-0.15, -0.1) is 5.06 Å². The van der Waals surface area contributed by atoms with Crippen LogP contribution in [0.2, 0.25) is 0 Å². The van der Waals surface area contributed by atoms with E-state index >= 15 is 0 Å². The van der Waals surface area contributed by atoms with Crippen molar-refractivity contribution in [1.29, 1.82) is 0 Å². The maximum Gasteiger partial charge on any atom is 0.373 e. The Balaban J connectivity index is 2.32. The zero-order valence-electron chi connectivity index (χ0n) is 10.2. The highest BCUT2D eigenvalue weighted by Crippen LogP contribution is 2.11. The molecule has 0 spiro atoms. The lowest BCUT2D eigenvalue weighted by molar-refractivity contribution is -0.200. The molecular formula is C10H14N2O6. The van der Waals surface area contributed by atoms with Crippen LogP contribution < -0.4 is 0 Å². The Hall–Kier alpha value is -2.12. The summed E-state index contributed by atoms with van der Waals surface area (Å²) >= 11 is 0. The van der Waals surface area contributed by atoms with E-state index in [1.54, 1.807) is 13.8 Å². The Kier molecular flexibility index (Phi) is 5.09. The molecule has 1 rings (SSSR count). The van der Waals surface area contributed by atoms with Crippen LogP contribution in [0.3, 0.4) is 0 Å². The van der Waals surface area contributed by atoms with Crippen molar-refractivity contribution < 1.29 is 28.8 Å². The molecule has 0 aliphatic carbocycles. The van der Waals surface area contributed by atoms with Crippen molar-refractivity contribution in [3.05, 3.63) is 0 Å². The molecule has 8 nitrogen and oxygen atoms in total. The molecule has 1 saturated heterocycles. The number of nitrogens with zero attached hydrogens (tertiary/aromatic N) is 2. The summed E-state index contributed by atoms with van der Waals surface area (Å²) in [6.45, 7) is 3.25. The minimum absolute atomic E-state index is 0.0502. The Morgan fingerprint density at radius 2 is 1.94 bits per heavy atom. The molecule has 0 saturated carbocycles. The Labute approximate surface area is 103 Å². The van der Waals surface area contributed by atoms with E-state index in [1.807, 2.05) is 0 Å². The van der Waals surface area contributed by atoms with Crippen LogP contribution in [0.1, 0.15) is 26.7 Å². The fourth-order valence-corrected chi connectivity index (χ4v) is 1.20. The summed E-state index contributed by atoms with van der Waals surface area (Å²) in [6.07, 6.45) is 0.100. The standard InChI is InChI=1S/C10H14N2O6/c1-3-16-7(2)11-17-6-10(15)18-12-8(13)4-5-9(12)14/h3-6H2,1-2H3. The molecule has 1 fully saturated rings. The molecule has 0 aromatic heterocycles. The second-order valence-electron chi connectivity index (χ2n) is 3.36. The van der Waals surface area contributed by atoms with E-state index in [0.29, 0.717) is 11.7 Å². The first kappa shape index (κ1) is 13.9. The van der Waals surface area contributed by atoms with Gasteiger partial charge in [-0.05, 0) is 6.92 Å². The number of ether oxygens (including phenoxy) is 1. The number of hydrogen-bond donors (Lipinski definition) is 0. The number of amides is 2. The van der Waals surface area contributed by atoms with Crippen LogP contribution in [-0.4, -0.2) is 42.0 Å². The molecule has 1 aliphatic rings. The third-order valence-electron chi connectivity index (χ3n) is 1.93. The summed E-state index contributed by atoms with van der Waals surface area (Å²) in [6, 6.07) is 0.